The van der Waals surface area contributed by atoms with Crippen LogP contribution in [0.25, 0.3) is 10.4 Å². The SMILES string of the molecule is [N-]=[N+]=NCC#Cc1ccc2c(c1)NC(=O)C2=O. The lowest BCUT2D eigenvalue weighted by atomic mass is 10.1. The lowest BCUT2D eigenvalue weighted by Crippen LogP contribution is -2.12. The van der Waals surface area contributed by atoms with Crippen molar-refractivity contribution in [1.82, 2.24) is 0 Å². The van der Waals surface area contributed by atoms with Gasteiger partial charge in [-0.1, -0.05) is 17.0 Å². The van der Waals surface area contributed by atoms with Crippen molar-refractivity contribution in [2.45, 2.75) is 0 Å². The third kappa shape index (κ3) is 2.09. The monoisotopic (exact) mass is 226 g/mol. The summed E-state index contributed by atoms with van der Waals surface area (Å²) in [5.41, 5.74) is 9.52. The molecule has 1 aliphatic heterocycles. The second-order valence-electron chi connectivity index (χ2n) is 3.23. The van der Waals surface area contributed by atoms with Crippen LogP contribution in [0.1, 0.15) is 15.9 Å². The highest BCUT2D eigenvalue weighted by Gasteiger charge is 2.27. The molecule has 2 rings (SSSR count). The molecule has 1 aliphatic rings. The Morgan fingerprint density at radius 2 is 2.24 bits per heavy atom. The van der Waals surface area contributed by atoms with E-state index in [1.807, 2.05) is 0 Å². The predicted molar refractivity (Wildman–Crippen MR) is 60.3 cm³/mol. The normalized spacial score (nSPS) is 12.0. The maximum Gasteiger partial charge on any atom is 0.296 e. The van der Waals surface area contributed by atoms with Crippen molar-refractivity contribution in [3.05, 3.63) is 39.8 Å². The first kappa shape index (κ1) is 10.7. The zero-order chi connectivity index (χ0) is 12.3. The fourth-order valence-electron chi connectivity index (χ4n) is 1.43. The molecule has 0 fully saturated rings. The molecule has 6 nitrogen and oxygen atoms in total. The molecule has 0 spiro atoms. The van der Waals surface area contributed by atoms with Gasteiger partial charge in [-0.15, -0.1) is 0 Å². The summed E-state index contributed by atoms with van der Waals surface area (Å²) in [6.45, 7) is 0.0822. The average molecular weight is 226 g/mol. The van der Waals surface area contributed by atoms with Gasteiger partial charge in [-0.05, 0) is 23.7 Å². The molecule has 0 radical (unpaired) electrons. The van der Waals surface area contributed by atoms with E-state index in [2.05, 4.69) is 27.2 Å². The second-order valence-corrected chi connectivity index (χ2v) is 3.23. The van der Waals surface area contributed by atoms with Crippen LogP contribution in [0.5, 0.6) is 0 Å². The van der Waals surface area contributed by atoms with Crippen LogP contribution < -0.4 is 5.32 Å². The van der Waals surface area contributed by atoms with Crippen LogP contribution in [-0.4, -0.2) is 18.2 Å². The average Bonchev–Trinajstić information content (AvgIpc) is 2.61. The second kappa shape index (κ2) is 4.39. The van der Waals surface area contributed by atoms with E-state index < -0.39 is 11.7 Å². The van der Waals surface area contributed by atoms with Crippen molar-refractivity contribution in [3.8, 4) is 11.8 Å². The highest BCUT2D eigenvalue weighted by Crippen LogP contribution is 2.23. The molecule has 17 heavy (non-hydrogen) atoms. The lowest BCUT2D eigenvalue weighted by molar-refractivity contribution is -0.112. The Morgan fingerprint density at radius 3 is 3.00 bits per heavy atom. The zero-order valence-electron chi connectivity index (χ0n) is 8.60. The summed E-state index contributed by atoms with van der Waals surface area (Å²) in [6.07, 6.45) is 0. The molecule has 6 heteroatoms. The maximum absolute atomic E-state index is 11.3. The molecule has 1 amide bonds. The Balaban J connectivity index is 2.26. The van der Waals surface area contributed by atoms with Crippen molar-refractivity contribution >= 4 is 17.4 Å². The van der Waals surface area contributed by atoms with E-state index in [1.54, 1.807) is 18.2 Å². The topological polar surface area (TPSA) is 94.9 Å². The number of hydrogen-bond donors (Lipinski definition) is 1. The number of anilines is 1. The first-order valence-electron chi connectivity index (χ1n) is 4.72. The summed E-state index contributed by atoms with van der Waals surface area (Å²) in [5.74, 6) is 4.25. The van der Waals surface area contributed by atoms with Gasteiger partial charge >= 0.3 is 0 Å². The highest BCUT2D eigenvalue weighted by molar-refractivity contribution is 6.51. The summed E-state index contributed by atoms with van der Waals surface area (Å²) in [6, 6.07) is 4.80. The van der Waals surface area contributed by atoms with E-state index in [4.69, 9.17) is 5.53 Å². The zero-order valence-corrected chi connectivity index (χ0v) is 8.60. The van der Waals surface area contributed by atoms with E-state index in [0.29, 0.717) is 16.8 Å². The van der Waals surface area contributed by atoms with Gasteiger partial charge in [0.15, 0.2) is 0 Å². The van der Waals surface area contributed by atoms with Gasteiger partial charge in [0.2, 0.25) is 0 Å². The van der Waals surface area contributed by atoms with E-state index in [1.165, 1.54) is 0 Å². The molecule has 0 aliphatic carbocycles. The van der Waals surface area contributed by atoms with Crippen LogP contribution in [0.2, 0.25) is 0 Å². The van der Waals surface area contributed by atoms with Gasteiger partial charge in [-0.25, -0.2) is 0 Å². The number of carbonyl (C=O) groups is 2. The quantitative estimate of drug-likeness (QED) is 0.258. The Bertz CT molecular complexity index is 618. The third-order valence-corrected chi connectivity index (χ3v) is 2.16. The molecule has 0 saturated carbocycles. The molecular weight excluding hydrogens is 220 g/mol. The first-order valence-corrected chi connectivity index (χ1v) is 4.72. The number of carbonyl (C=O) groups excluding carboxylic acids is 2. The van der Waals surface area contributed by atoms with Gasteiger partial charge in [0.05, 0.1) is 17.8 Å². The van der Waals surface area contributed by atoms with E-state index >= 15 is 0 Å². The molecule has 82 valence electrons. The van der Waals surface area contributed by atoms with Gasteiger partial charge in [-0.3, -0.25) is 9.59 Å². The predicted octanol–water partition coefficient (Wildman–Crippen LogP) is 1.48. The van der Waals surface area contributed by atoms with Crippen molar-refractivity contribution in [2.75, 3.05) is 11.9 Å². The van der Waals surface area contributed by atoms with E-state index in [0.717, 1.165) is 0 Å². The number of fused-ring (bicyclic) bond motifs is 1. The molecule has 0 unspecified atom stereocenters. The first-order chi connectivity index (χ1) is 8.22. The fourth-order valence-corrected chi connectivity index (χ4v) is 1.43. The minimum Gasteiger partial charge on any atom is -0.318 e. The number of nitrogens with zero attached hydrogens (tertiary/aromatic N) is 3. The van der Waals surface area contributed by atoms with Gasteiger partial charge in [0, 0.05) is 10.5 Å². The van der Waals surface area contributed by atoms with Gasteiger partial charge in [-0.2, -0.15) is 0 Å². The molecule has 0 bridgehead atoms. The lowest BCUT2D eigenvalue weighted by Gasteiger charge is -1.96. The number of hydrogen-bond acceptors (Lipinski definition) is 3. The number of azide groups is 1. The summed E-state index contributed by atoms with van der Waals surface area (Å²) in [7, 11) is 0. The van der Waals surface area contributed by atoms with Crippen molar-refractivity contribution < 1.29 is 9.59 Å². The van der Waals surface area contributed by atoms with E-state index in [-0.39, 0.29) is 6.54 Å². The van der Waals surface area contributed by atoms with Crippen molar-refractivity contribution in [3.63, 3.8) is 0 Å². The number of ketones is 1. The van der Waals surface area contributed by atoms with Gasteiger partial charge in [0.1, 0.15) is 0 Å². The Labute approximate surface area is 96.3 Å². The smallest absolute Gasteiger partial charge is 0.296 e. The van der Waals surface area contributed by atoms with Gasteiger partial charge in [0.25, 0.3) is 11.7 Å². The molecule has 0 atom stereocenters. The van der Waals surface area contributed by atoms with Crippen molar-refractivity contribution in [2.24, 2.45) is 5.11 Å². The van der Waals surface area contributed by atoms with E-state index in [9.17, 15) is 9.59 Å². The fraction of sp³-hybridized carbons (Fsp3) is 0.0909. The van der Waals surface area contributed by atoms with Gasteiger partial charge < -0.3 is 5.32 Å². The Kier molecular flexibility index (Phi) is 2.77. The minimum atomic E-state index is -0.626. The number of amides is 1. The highest BCUT2D eigenvalue weighted by atomic mass is 16.2. The molecule has 0 aromatic heterocycles. The summed E-state index contributed by atoms with van der Waals surface area (Å²) in [5, 5.41) is 5.72. The largest absolute Gasteiger partial charge is 0.318 e. The molecule has 1 N–H and O–H groups in total. The Hall–Kier alpha value is -2.77. The molecular formula is C11H6N4O2. The van der Waals surface area contributed by atoms with Crippen molar-refractivity contribution in [1.29, 1.82) is 0 Å². The molecule has 0 saturated heterocycles. The Morgan fingerprint density at radius 1 is 1.41 bits per heavy atom. The molecule has 1 heterocycles. The van der Waals surface area contributed by atoms with Crippen LogP contribution in [0, 0.1) is 11.8 Å². The number of rotatable bonds is 1. The third-order valence-electron chi connectivity index (χ3n) is 2.16. The summed E-state index contributed by atoms with van der Waals surface area (Å²) < 4.78 is 0. The molecule has 1 aromatic rings. The molecule has 1 aromatic carbocycles. The summed E-state index contributed by atoms with van der Waals surface area (Å²) >= 11 is 0. The van der Waals surface area contributed by atoms with Crippen LogP contribution >= 0.6 is 0 Å². The minimum absolute atomic E-state index is 0.0822. The standard InChI is InChI=1S/C11H6N4O2/c12-15-13-5-1-2-7-3-4-8-9(6-7)14-11(17)10(8)16/h3-4,6H,5H2,(H,14,16,17). The number of Topliss-reactive ketones (excluding diaryl/α,β-unsaturated/α-hetero) is 1. The number of nitrogens with one attached hydrogen (secondary N) is 1. The van der Waals surface area contributed by atoms with Crippen LogP contribution in [0.15, 0.2) is 23.3 Å². The maximum atomic E-state index is 11.3. The number of benzene rings is 1. The van der Waals surface area contributed by atoms with Crippen LogP contribution in [-0.2, 0) is 4.79 Å². The van der Waals surface area contributed by atoms with Crippen LogP contribution in [0.3, 0.4) is 0 Å². The van der Waals surface area contributed by atoms with Crippen LogP contribution in [0.4, 0.5) is 5.69 Å². The summed E-state index contributed by atoms with van der Waals surface area (Å²) in [4.78, 5) is 25.0.